The lowest BCUT2D eigenvalue weighted by atomic mass is 11.1. The van der Waals surface area contributed by atoms with Crippen LogP contribution in [0.3, 0.4) is 0 Å². The summed E-state index contributed by atoms with van der Waals surface area (Å²) in [6.45, 7) is 0. The van der Waals surface area contributed by atoms with Gasteiger partial charge in [-0.2, -0.15) is 28.8 Å². The summed E-state index contributed by atoms with van der Waals surface area (Å²) in [6.07, 6.45) is 0. The zero-order chi connectivity index (χ0) is 9.49. The van der Waals surface area contributed by atoms with E-state index < -0.39 is 10.4 Å². The van der Waals surface area contributed by atoms with Gasteiger partial charge >= 0.3 is 10.4 Å². The smallest absolute Gasteiger partial charge is 0.370 e. The summed E-state index contributed by atoms with van der Waals surface area (Å²) in [5.41, 5.74) is 8.94. The van der Waals surface area contributed by atoms with Crippen molar-refractivity contribution in [2.24, 2.45) is 23.3 Å². The van der Waals surface area contributed by atoms with Crippen molar-refractivity contribution in [1.29, 1.82) is 5.41 Å². The number of guanidine groups is 1. The highest BCUT2D eigenvalue weighted by atomic mass is 32.3. The summed E-state index contributed by atoms with van der Waals surface area (Å²) in [5.74, 6) is 7.91. The molecule has 0 fully saturated rings. The van der Waals surface area contributed by atoms with Crippen LogP contribution < -0.4 is 23.3 Å². The molecule has 0 radical (unpaired) electrons. The molecule has 9 nitrogen and oxygen atoms in total. The summed E-state index contributed by atoms with van der Waals surface area (Å²) in [4.78, 5) is 0. The average Bonchev–Trinajstić information content (AvgIpc) is 1.87. The molecule has 0 bridgehead atoms. The van der Waals surface area contributed by atoms with E-state index in [1.807, 2.05) is 0 Å². The Labute approximate surface area is 63.0 Å². The molecule has 68 valence electrons. The van der Waals surface area contributed by atoms with E-state index in [1.54, 1.807) is 0 Å². The van der Waals surface area contributed by atoms with Crippen LogP contribution in [0, 0.1) is 5.41 Å². The highest BCUT2D eigenvalue weighted by Crippen LogP contribution is 1.80. The second-order valence-corrected chi connectivity index (χ2v) is 2.26. The highest BCUT2D eigenvalue weighted by molar-refractivity contribution is 7.81. The first-order chi connectivity index (χ1) is 4.85. The molecule has 0 aliphatic carbocycles. The molecule has 0 amide bonds. The Morgan fingerprint density at radius 1 is 1.18 bits per heavy atom. The molecule has 0 spiro atoms. The first kappa shape index (κ1) is 12.7. The lowest BCUT2D eigenvalue weighted by Gasteiger charge is -1.89. The summed E-state index contributed by atoms with van der Waals surface area (Å²) in [7, 11) is -4.10. The molecule has 0 aliphatic heterocycles. The number of rotatable bonds is 2. The number of nitrogens with one attached hydrogen (secondary N) is 1. The van der Waals surface area contributed by atoms with Crippen molar-refractivity contribution in [1.82, 2.24) is 0 Å². The van der Waals surface area contributed by atoms with Crippen molar-refractivity contribution in [2.45, 2.75) is 0 Å². The fourth-order valence-electron chi connectivity index (χ4n) is 0.0227. The summed E-state index contributed by atoms with van der Waals surface area (Å²) < 4.78 is 25.8. The van der Waals surface area contributed by atoms with Crippen LogP contribution in [0.2, 0.25) is 0 Å². The molecule has 0 saturated carbocycles. The van der Waals surface area contributed by atoms with Gasteiger partial charge in [-0.3, -0.25) is 5.41 Å². The van der Waals surface area contributed by atoms with Crippen LogP contribution in [0.25, 0.3) is 0 Å². The summed E-state index contributed by atoms with van der Waals surface area (Å²) >= 11 is 0. The molecule has 0 heterocycles. The molecule has 11 heavy (non-hydrogen) atoms. The zero-order valence-electron chi connectivity index (χ0n) is 5.35. The Bertz CT molecular complexity index is 183. The highest BCUT2D eigenvalue weighted by Gasteiger charge is 2.04. The van der Waals surface area contributed by atoms with E-state index in [0.29, 0.717) is 0 Å². The normalized spacial score (nSPS) is 9.64. The lowest BCUT2D eigenvalue weighted by molar-refractivity contribution is 0.222. The zero-order valence-corrected chi connectivity index (χ0v) is 6.17. The van der Waals surface area contributed by atoms with E-state index in [0.717, 1.165) is 0 Å². The van der Waals surface area contributed by atoms with Gasteiger partial charge in [-0.05, 0) is 0 Å². The Kier molecular flexibility index (Phi) is 6.72. The van der Waals surface area contributed by atoms with Gasteiger partial charge in [0.05, 0.1) is 0 Å². The Balaban J connectivity index is 0. The fourth-order valence-corrected chi connectivity index (χ4v) is 0.0680. The summed E-state index contributed by atoms with van der Waals surface area (Å²) in [5, 5.41) is 6.06. The maximum Gasteiger partial charge on any atom is 0.431 e. The number of hydrogen-bond donors (Lipinski definition) is 5. The van der Waals surface area contributed by atoms with Crippen LogP contribution in [-0.4, -0.2) is 14.4 Å². The van der Waals surface area contributed by atoms with E-state index in [4.69, 9.17) is 5.41 Å². The van der Waals surface area contributed by atoms with Crippen LogP contribution in [0.15, 0.2) is 0 Å². The summed E-state index contributed by atoms with van der Waals surface area (Å²) in [6, 6.07) is 0. The van der Waals surface area contributed by atoms with Crippen molar-refractivity contribution in [2.75, 3.05) is 0 Å². The molecule has 0 aromatic carbocycles. The van der Waals surface area contributed by atoms with Crippen LogP contribution in [-0.2, 0) is 19.0 Å². The second-order valence-electron chi connectivity index (χ2n) is 1.06. The average molecular weight is 187 g/mol. The topological polar surface area (TPSA) is 181 Å². The molecule has 0 atom stereocenters. The molecule has 0 aliphatic rings. The van der Waals surface area contributed by atoms with E-state index in [-0.39, 0.29) is 5.96 Å². The third-order valence-electron chi connectivity index (χ3n) is 0.236. The van der Waals surface area contributed by atoms with Crippen LogP contribution >= 0.6 is 0 Å². The van der Waals surface area contributed by atoms with Gasteiger partial charge in [0.25, 0.3) is 0 Å². The van der Waals surface area contributed by atoms with E-state index in [2.05, 4.69) is 31.8 Å². The van der Waals surface area contributed by atoms with Gasteiger partial charge in [-0.15, -0.1) is 0 Å². The van der Waals surface area contributed by atoms with Crippen LogP contribution in [0.1, 0.15) is 0 Å². The molecule has 0 rings (SSSR count). The minimum absolute atomic E-state index is 0.333. The standard InChI is InChI=1S/CH5N3.H4N2O4S/c2-1(3)4;1-5-7(3,4)6-2/h(H5,2,3,4);1-2H2. The third kappa shape index (κ3) is 17.6. The largest absolute Gasteiger partial charge is 0.431 e. The van der Waals surface area contributed by atoms with E-state index >= 15 is 0 Å². The van der Waals surface area contributed by atoms with E-state index in [9.17, 15) is 8.42 Å². The van der Waals surface area contributed by atoms with Crippen molar-refractivity contribution < 1.29 is 17.0 Å². The van der Waals surface area contributed by atoms with E-state index in [1.165, 1.54) is 0 Å². The van der Waals surface area contributed by atoms with Crippen molar-refractivity contribution in [3.63, 3.8) is 0 Å². The van der Waals surface area contributed by atoms with Gasteiger partial charge in [0.1, 0.15) is 0 Å². The minimum Gasteiger partial charge on any atom is -0.370 e. The maximum atomic E-state index is 9.67. The minimum atomic E-state index is -4.10. The van der Waals surface area contributed by atoms with Gasteiger partial charge in [-0.1, -0.05) is 0 Å². The quantitative estimate of drug-likeness (QED) is 0.170. The molecule has 0 aromatic rings. The van der Waals surface area contributed by atoms with Gasteiger partial charge in [0, 0.05) is 0 Å². The predicted octanol–water partition coefficient (Wildman–Crippen LogP) is -3.15. The SMILES string of the molecule is N=C(N)N.NOS(=O)(=O)ON. The van der Waals surface area contributed by atoms with Crippen LogP contribution in [0.4, 0.5) is 0 Å². The lowest BCUT2D eigenvalue weighted by Crippen LogP contribution is -2.20. The number of nitrogens with two attached hydrogens (primary N) is 4. The number of hydrogen-bond acceptors (Lipinski definition) is 7. The Hall–Kier alpha value is -0.940. The first-order valence-electron chi connectivity index (χ1n) is 1.97. The fraction of sp³-hybridized carbons (Fsp3) is 0. The molecular weight excluding hydrogens is 178 g/mol. The second kappa shape index (κ2) is 5.82. The Morgan fingerprint density at radius 2 is 1.36 bits per heavy atom. The molecule has 0 saturated heterocycles. The van der Waals surface area contributed by atoms with Gasteiger partial charge in [0.15, 0.2) is 5.96 Å². The molecular formula is CH9N5O4S. The third-order valence-corrected chi connectivity index (χ3v) is 0.707. The van der Waals surface area contributed by atoms with Crippen molar-refractivity contribution >= 4 is 16.4 Å². The maximum absolute atomic E-state index is 9.67. The van der Waals surface area contributed by atoms with Gasteiger partial charge in [0.2, 0.25) is 0 Å². The molecule has 0 unspecified atom stereocenters. The van der Waals surface area contributed by atoms with Gasteiger partial charge in [-0.25, -0.2) is 0 Å². The van der Waals surface area contributed by atoms with Crippen LogP contribution in [0.5, 0.6) is 0 Å². The van der Waals surface area contributed by atoms with Gasteiger partial charge < -0.3 is 11.5 Å². The molecule has 0 aromatic heterocycles. The monoisotopic (exact) mass is 187 g/mol. The molecule has 10 heteroatoms. The molecule has 9 N–H and O–H groups in total. The van der Waals surface area contributed by atoms with Crippen molar-refractivity contribution in [3.05, 3.63) is 0 Å². The Morgan fingerprint density at radius 3 is 1.36 bits per heavy atom. The predicted molar refractivity (Wildman–Crippen MR) is 35.6 cm³/mol. The van der Waals surface area contributed by atoms with Crippen molar-refractivity contribution in [3.8, 4) is 0 Å². The first-order valence-corrected chi connectivity index (χ1v) is 3.30.